The fourth-order valence-electron chi connectivity index (χ4n) is 1.84. The summed E-state index contributed by atoms with van der Waals surface area (Å²) in [6, 6.07) is 7.79. The van der Waals surface area contributed by atoms with Crippen LogP contribution in [-0.4, -0.2) is 16.2 Å². The van der Waals surface area contributed by atoms with E-state index in [1.165, 1.54) is 11.5 Å². The van der Waals surface area contributed by atoms with Gasteiger partial charge in [0, 0.05) is 0 Å². The van der Waals surface area contributed by atoms with Crippen molar-refractivity contribution >= 4 is 11.5 Å². The Morgan fingerprint density at radius 2 is 2.00 bits per heavy atom. The van der Waals surface area contributed by atoms with Gasteiger partial charge in [-0.3, -0.25) is 0 Å². The Balaban J connectivity index is 2.13. The lowest BCUT2D eigenvalue weighted by molar-refractivity contribution is 0.317. The monoisotopic (exact) mass is 277 g/mol. The second-order valence-electron chi connectivity index (χ2n) is 4.33. The minimum Gasteiger partial charge on any atom is -0.494 e. The van der Waals surface area contributed by atoms with Crippen molar-refractivity contribution in [3.05, 3.63) is 40.4 Å². The van der Waals surface area contributed by atoms with Crippen molar-refractivity contribution in [2.45, 2.75) is 32.7 Å². The number of nitrogens with zero attached hydrogens (tertiary/aromatic N) is 2. The van der Waals surface area contributed by atoms with Gasteiger partial charge in [0.2, 0.25) is 0 Å². The molecule has 19 heavy (non-hydrogen) atoms. The first-order valence-corrected chi connectivity index (χ1v) is 7.33. The van der Waals surface area contributed by atoms with Gasteiger partial charge < -0.3 is 10.5 Å². The first-order valence-electron chi connectivity index (χ1n) is 6.55. The van der Waals surface area contributed by atoms with Gasteiger partial charge in [0.05, 0.1) is 23.2 Å². The van der Waals surface area contributed by atoms with E-state index < -0.39 is 0 Å². The molecule has 1 aromatic heterocycles. The third kappa shape index (κ3) is 3.30. The number of benzene rings is 1. The van der Waals surface area contributed by atoms with Crippen molar-refractivity contribution in [1.82, 2.24) is 9.59 Å². The molecule has 0 aliphatic rings. The number of nitrogens with two attached hydrogens (primary N) is 1. The van der Waals surface area contributed by atoms with Crippen LogP contribution in [0.5, 0.6) is 5.75 Å². The molecule has 0 fully saturated rings. The standard InChI is InChI=1S/C14H19N3OS/c1-3-9-18-11-7-5-10(6-8-11)13(15)14-12(4-2)16-17-19-14/h5-8,13H,3-4,9,15H2,1-2H3. The summed E-state index contributed by atoms with van der Waals surface area (Å²) in [6.45, 7) is 4.89. The number of aryl methyl sites for hydroxylation is 1. The molecule has 1 unspecified atom stereocenters. The molecule has 0 aliphatic heterocycles. The zero-order valence-electron chi connectivity index (χ0n) is 11.3. The fraction of sp³-hybridized carbons (Fsp3) is 0.429. The Kier molecular flexibility index (Phi) is 4.87. The second-order valence-corrected chi connectivity index (χ2v) is 5.12. The number of hydrogen-bond acceptors (Lipinski definition) is 5. The van der Waals surface area contributed by atoms with E-state index >= 15 is 0 Å². The van der Waals surface area contributed by atoms with E-state index in [0.29, 0.717) is 0 Å². The predicted octanol–water partition coefficient (Wildman–Crippen LogP) is 2.94. The van der Waals surface area contributed by atoms with Crippen molar-refractivity contribution in [1.29, 1.82) is 0 Å². The van der Waals surface area contributed by atoms with Crippen molar-refractivity contribution in [3.63, 3.8) is 0 Å². The van der Waals surface area contributed by atoms with E-state index in [9.17, 15) is 0 Å². The summed E-state index contributed by atoms with van der Waals surface area (Å²) in [5, 5.41) is 4.10. The number of ether oxygens (including phenoxy) is 1. The van der Waals surface area contributed by atoms with Gasteiger partial charge in [-0.25, -0.2) is 0 Å². The maximum absolute atomic E-state index is 6.28. The Labute approximate surface area is 117 Å². The first kappa shape index (κ1) is 14.0. The Morgan fingerprint density at radius 3 is 2.63 bits per heavy atom. The molecule has 1 aromatic carbocycles. The van der Waals surface area contributed by atoms with E-state index in [1.807, 2.05) is 24.3 Å². The van der Waals surface area contributed by atoms with Crippen LogP contribution in [0.25, 0.3) is 0 Å². The summed E-state index contributed by atoms with van der Waals surface area (Å²) in [7, 11) is 0. The molecule has 0 saturated carbocycles. The van der Waals surface area contributed by atoms with Crippen LogP contribution in [0.2, 0.25) is 0 Å². The van der Waals surface area contributed by atoms with Crippen molar-refractivity contribution in [3.8, 4) is 5.75 Å². The van der Waals surface area contributed by atoms with E-state index in [2.05, 4.69) is 23.4 Å². The lowest BCUT2D eigenvalue weighted by Gasteiger charge is -2.12. The maximum atomic E-state index is 6.28. The Morgan fingerprint density at radius 1 is 1.26 bits per heavy atom. The molecule has 0 spiro atoms. The number of aromatic nitrogens is 2. The lowest BCUT2D eigenvalue weighted by atomic mass is 10.0. The van der Waals surface area contributed by atoms with Crippen molar-refractivity contribution in [2.24, 2.45) is 5.73 Å². The summed E-state index contributed by atoms with van der Waals surface area (Å²) in [4.78, 5) is 1.05. The van der Waals surface area contributed by atoms with E-state index in [0.717, 1.165) is 41.3 Å². The molecule has 5 heteroatoms. The van der Waals surface area contributed by atoms with Crippen LogP contribution in [-0.2, 0) is 6.42 Å². The molecule has 2 N–H and O–H groups in total. The average molecular weight is 277 g/mol. The molecule has 0 radical (unpaired) electrons. The summed E-state index contributed by atoms with van der Waals surface area (Å²) in [6.07, 6.45) is 1.87. The van der Waals surface area contributed by atoms with E-state index in [-0.39, 0.29) is 6.04 Å². The second kappa shape index (κ2) is 6.63. The normalized spacial score (nSPS) is 12.4. The van der Waals surface area contributed by atoms with Gasteiger partial charge in [-0.15, -0.1) is 5.10 Å². The molecule has 0 amide bonds. The molecule has 1 heterocycles. The van der Waals surface area contributed by atoms with Crippen LogP contribution in [0.4, 0.5) is 0 Å². The number of rotatable bonds is 6. The van der Waals surface area contributed by atoms with Crippen LogP contribution in [0.3, 0.4) is 0 Å². The molecule has 0 aliphatic carbocycles. The van der Waals surface area contributed by atoms with Crippen LogP contribution in [0.1, 0.15) is 42.4 Å². The topological polar surface area (TPSA) is 61.0 Å². The van der Waals surface area contributed by atoms with Crippen LogP contribution in [0.15, 0.2) is 24.3 Å². The molecule has 2 rings (SSSR count). The summed E-state index contributed by atoms with van der Waals surface area (Å²) in [5.74, 6) is 0.885. The van der Waals surface area contributed by atoms with Crippen LogP contribution >= 0.6 is 11.5 Å². The van der Waals surface area contributed by atoms with E-state index in [4.69, 9.17) is 10.5 Å². The zero-order valence-corrected chi connectivity index (χ0v) is 12.1. The Hall–Kier alpha value is -1.46. The highest BCUT2D eigenvalue weighted by Gasteiger charge is 2.16. The summed E-state index contributed by atoms with van der Waals surface area (Å²) < 4.78 is 9.55. The van der Waals surface area contributed by atoms with Gasteiger partial charge in [-0.1, -0.05) is 30.5 Å². The average Bonchev–Trinajstić information content (AvgIpc) is 2.93. The molecule has 2 aromatic rings. The summed E-state index contributed by atoms with van der Waals surface area (Å²) >= 11 is 1.38. The molecular weight excluding hydrogens is 258 g/mol. The minimum atomic E-state index is -0.157. The third-order valence-electron chi connectivity index (χ3n) is 2.91. The lowest BCUT2D eigenvalue weighted by Crippen LogP contribution is -2.12. The van der Waals surface area contributed by atoms with Gasteiger partial charge >= 0.3 is 0 Å². The third-order valence-corrected chi connectivity index (χ3v) is 3.76. The highest BCUT2D eigenvalue weighted by atomic mass is 32.1. The van der Waals surface area contributed by atoms with Gasteiger partial charge in [-0.05, 0) is 42.1 Å². The largest absolute Gasteiger partial charge is 0.494 e. The molecular formula is C14H19N3OS. The van der Waals surface area contributed by atoms with Gasteiger partial charge in [0.1, 0.15) is 5.75 Å². The number of hydrogen-bond donors (Lipinski definition) is 1. The van der Waals surface area contributed by atoms with Crippen molar-refractivity contribution in [2.75, 3.05) is 6.61 Å². The quantitative estimate of drug-likeness (QED) is 0.882. The van der Waals surface area contributed by atoms with Gasteiger partial charge in [-0.2, -0.15) is 0 Å². The first-order chi connectivity index (χ1) is 9.26. The maximum Gasteiger partial charge on any atom is 0.119 e. The molecule has 4 nitrogen and oxygen atoms in total. The van der Waals surface area contributed by atoms with Crippen LogP contribution < -0.4 is 10.5 Å². The molecule has 0 saturated heterocycles. The minimum absolute atomic E-state index is 0.157. The predicted molar refractivity (Wildman–Crippen MR) is 77.5 cm³/mol. The SMILES string of the molecule is CCCOc1ccc(C(N)c2snnc2CC)cc1. The molecule has 1 atom stereocenters. The molecule has 102 valence electrons. The van der Waals surface area contributed by atoms with Crippen molar-refractivity contribution < 1.29 is 4.74 Å². The molecule has 0 bridgehead atoms. The van der Waals surface area contributed by atoms with E-state index in [1.54, 1.807) is 0 Å². The highest BCUT2D eigenvalue weighted by Crippen LogP contribution is 2.26. The zero-order chi connectivity index (χ0) is 13.7. The summed E-state index contributed by atoms with van der Waals surface area (Å²) in [5.41, 5.74) is 8.33. The highest BCUT2D eigenvalue weighted by molar-refractivity contribution is 7.05. The smallest absolute Gasteiger partial charge is 0.119 e. The van der Waals surface area contributed by atoms with Gasteiger partial charge in [0.25, 0.3) is 0 Å². The van der Waals surface area contributed by atoms with Gasteiger partial charge in [0.15, 0.2) is 0 Å². The fourth-order valence-corrected chi connectivity index (χ4v) is 2.61. The van der Waals surface area contributed by atoms with Crippen LogP contribution in [0, 0.1) is 0 Å². The Bertz CT molecular complexity index is 510.